The molecule has 20 heavy (non-hydrogen) atoms. The monoisotopic (exact) mass is 277 g/mol. The average Bonchev–Trinajstić information content (AvgIpc) is 2.44. The highest BCUT2D eigenvalue weighted by molar-refractivity contribution is 6.00. The molecule has 4 heteroatoms. The summed E-state index contributed by atoms with van der Waals surface area (Å²) in [6, 6.07) is 5.78. The minimum atomic E-state index is -0.0850. The van der Waals surface area contributed by atoms with Gasteiger partial charge in [0, 0.05) is 24.5 Å². The van der Waals surface area contributed by atoms with Crippen molar-refractivity contribution in [1.82, 2.24) is 5.32 Å². The highest BCUT2D eigenvalue weighted by Gasteiger charge is 2.14. The highest BCUT2D eigenvalue weighted by atomic mass is 16.1. The summed E-state index contributed by atoms with van der Waals surface area (Å²) in [5, 5.41) is 6.17. The van der Waals surface area contributed by atoms with Crippen LogP contribution in [-0.4, -0.2) is 19.0 Å². The number of carbonyl (C=O) groups excluding carboxylic acids is 1. The highest BCUT2D eigenvalue weighted by Crippen LogP contribution is 2.22. The molecule has 0 heterocycles. The number of rotatable bonds is 8. The summed E-state index contributed by atoms with van der Waals surface area (Å²) in [7, 11) is 1.64. The Morgan fingerprint density at radius 1 is 1.25 bits per heavy atom. The zero-order valence-electron chi connectivity index (χ0n) is 12.8. The minimum Gasteiger partial charge on any atom is -0.399 e. The molecule has 0 radical (unpaired) electrons. The molecule has 0 aromatic heterocycles. The van der Waals surface area contributed by atoms with Crippen molar-refractivity contribution in [3.05, 3.63) is 23.8 Å². The molecule has 4 nitrogen and oxygen atoms in total. The van der Waals surface area contributed by atoms with Crippen LogP contribution < -0.4 is 16.4 Å². The number of carbonyl (C=O) groups is 1. The number of hydrogen-bond acceptors (Lipinski definition) is 3. The molecule has 1 amide bonds. The van der Waals surface area contributed by atoms with E-state index in [1.807, 2.05) is 6.07 Å². The third-order valence-corrected chi connectivity index (χ3v) is 3.42. The molecule has 1 aromatic carbocycles. The molecular formula is C16H27N3O. The van der Waals surface area contributed by atoms with Crippen molar-refractivity contribution in [3.8, 4) is 0 Å². The Morgan fingerprint density at radius 2 is 2.00 bits per heavy atom. The van der Waals surface area contributed by atoms with Crippen molar-refractivity contribution < 1.29 is 4.79 Å². The normalized spacial score (nSPS) is 11.9. The standard InChI is InChI=1S/C16H27N3O/c1-4-6-8-13(7-5-2)19-15-11-12(17)9-10-14(15)16(20)18-3/h9-11,13,19H,4-8,17H2,1-3H3,(H,18,20). The second kappa shape index (κ2) is 8.46. The molecule has 112 valence electrons. The van der Waals surface area contributed by atoms with Crippen LogP contribution in [0.1, 0.15) is 56.3 Å². The Balaban J connectivity index is 2.91. The van der Waals surface area contributed by atoms with E-state index < -0.39 is 0 Å². The van der Waals surface area contributed by atoms with Crippen molar-refractivity contribution in [3.63, 3.8) is 0 Å². The van der Waals surface area contributed by atoms with Gasteiger partial charge in [-0.05, 0) is 31.0 Å². The van der Waals surface area contributed by atoms with Crippen LogP contribution in [-0.2, 0) is 0 Å². The maximum absolute atomic E-state index is 11.9. The van der Waals surface area contributed by atoms with Crippen LogP contribution in [0.3, 0.4) is 0 Å². The van der Waals surface area contributed by atoms with Gasteiger partial charge in [0.15, 0.2) is 0 Å². The van der Waals surface area contributed by atoms with Gasteiger partial charge in [-0.25, -0.2) is 0 Å². The number of anilines is 2. The molecule has 1 atom stereocenters. The number of nitrogens with two attached hydrogens (primary N) is 1. The van der Waals surface area contributed by atoms with E-state index in [1.165, 1.54) is 12.8 Å². The molecule has 1 unspecified atom stereocenters. The average molecular weight is 277 g/mol. The summed E-state index contributed by atoms with van der Waals surface area (Å²) < 4.78 is 0. The van der Waals surface area contributed by atoms with Gasteiger partial charge in [0.1, 0.15) is 0 Å². The first-order valence-corrected chi connectivity index (χ1v) is 7.50. The maximum Gasteiger partial charge on any atom is 0.253 e. The number of amides is 1. The van der Waals surface area contributed by atoms with Crippen LogP contribution in [0.15, 0.2) is 18.2 Å². The fourth-order valence-corrected chi connectivity index (χ4v) is 2.32. The molecule has 0 aliphatic heterocycles. The van der Waals surface area contributed by atoms with E-state index in [2.05, 4.69) is 24.5 Å². The molecular weight excluding hydrogens is 250 g/mol. The van der Waals surface area contributed by atoms with Gasteiger partial charge in [0.2, 0.25) is 0 Å². The first kappa shape index (κ1) is 16.3. The molecule has 0 bridgehead atoms. The van der Waals surface area contributed by atoms with E-state index in [9.17, 15) is 4.79 Å². The Bertz CT molecular complexity index is 432. The van der Waals surface area contributed by atoms with E-state index in [4.69, 9.17) is 5.73 Å². The zero-order chi connectivity index (χ0) is 15.0. The molecule has 0 fully saturated rings. The van der Waals surface area contributed by atoms with Crippen molar-refractivity contribution in [1.29, 1.82) is 0 Å². The molecule has 4 N–H and O–H groups in total. The van der Waals surface area contributed by atoms with Crippen molar-refractivity contribution in [2.45, 2.75) is 52.0 Å². The smallest absolute Gasteiger partial charge is 0.253 e. The van der Waals surface area contributed by atoms with Gasteiger partial charge in [0.25, 0.3) is 5.91 Å². The summed E-state index contributed by atoms with van der Waals surface area (Å²) in [6.07, 6.45) is 5.71. The summed E-state index contributed by atoms with van der Waals surface area (Å²) in [6.45, 7) is 4.37. The van der Waals surface area contributed by atoms with Crippen LogP contribution in [0.4, 0.5) is 11.4 Å². The van der Waals surface area contributed by atoms with E-state index in [-0.39, 0.29) is 5.91 Å². The maximum atomic E-state index is 11.9. The molecule has 0 aliphatic rings. The molecule has 0 aliphatic carbocycles. The summed E-state index contributed by atoms with van der Waals surface area (Å²) in [5.74, 6) is -0.0850. The third kappa shape index (κ3) is 4.76. The molecule has 0 saturated heterocycles. The van der Waals surface area contributed by atoms with Crippen LogP contribution in [0.2, 0.25) is 0 Å². The van der Waals surface area contributed by atoms with E-state index in [0.29, 0.717) is 17.3 Å². The van der Waals surface area contributed by atoms with Crippen molar-refractivity contribution >= 4 is 17.3 Å². The number of unbranched alkanes of at least 4 members (excludes halogenated alkanes) is 1. The van der Waals surface area contributed by atoms with Crippen LogP contribution in [0.5, 0.6) is 0 Å². The van der Waals surface area contributed by atoms with Gasteiger partial charge in [-0.2, -0.15) is 0 Å². The van der Waals surface area contributed by atoms with Crippen LogP contribution >= 0.6 is 0 Å². The predicted molar refractivity (Wildman–Crippen MR) is 86.1 cm³/mol. The first-order valence-electron chi connectivity index (χ1n) is 7.50. The SMILES string of the molecule is CCCCC(CCC)Nc1cc(N)ccc1C(=O)NC. The van der Waals surface area contributed by atoms with Gasteiger partial charge in [-0.3, -0.25) is 4.79 Å². The van der Waals surface area contributed by atoms with Gasteiger partial charge >= 0.3 is 0 Å². The Labute approximate surface area is 122 Å². The summed E-state index contributed by atoms with van der Waals surface area (Å²) in [5.41, 5.74) is 8.00. The second-order valence-corrected chi connectivity index (χ2v) is 5.16. The fourth-order valence-electron chi connectivity index (χ4n) is 2.32. The largest absolute Gasteiger partial charge is 0.399 e. The zero-order valence-corrected chi connectivity index (χ0v) is 12.8. The Kier molecular flexibility index (Phi) is 6.91. The summed E-state index contributed by atoms with van der Waals surface area (Å²) >= 11 is 0. The van der Waals surface area contributed by atoms with Crippen LogP contribution in [0.25, 0.3) is 0 Å². The number of benzene rings is 1. The topological polar surface area (TPSA) is 67.1 Å². The fraction of sp³-hybridized carbons (Fsp3) is 0.562. The van der Waals surface area contributed by atoms with Crippen molar-refractivity contribution in [2.24, 2.45) is 0 Å². The van der Waals surface area contributed by atoms with Gasteiger partial charge in [-0.15, -0.1) is 0 Å². The third-order valence-electron chi connectivity index (χ3n) is 3.42. The number of nitrogen functional groups attached to an aromatic ring is 1. The van der Waals surface area contributed by atoms with Crippen LogP contribution in [0, 0.1) is 0 Å². The lowest BCUT2D eigenvalue weighted by atomic mass is 10.0. The number of nitrogens with one attached hydrogen (secondary N) is 2. The van der Waals surface area contributed by atoms with E-state index >= 15 is 0 Å². The van der Waals surface area contributed by atoms with E-state index in [1.54, 1.807) is 19.2 Å². The van der Waals surface area contributed by atoms with Gasteiger partial charge < -0.3 is 16.4 Å². The molecule has 0 spiro atoms. The lowest BCUT2D eigenvalue weighted by molar-refractivity contribution is 0.0964. The van der Waals surface area contributed by atoms with Gasteiger partial charge in [0.05, 0.1) is 5.56 Å². The lowest BCUT2D eigenvalue weighted by Crippen LogP contribution is -2.24. The molecule has 0 saturated carbocycles. The number of hydrogen-bond donors (Lipinski definition) is 3. The quantitative estimate of drug-likeness (QED) is 0.638. The van der Waals surface area contributed by atoms with E-state index in [0.717, 1.165) is 24.9 Å². The molecule has 1 aromatic rings. The first-order chi connectivity index (χ1) is 9.62. The second-order valence-electron chi connectivity index (χ2n) is 5.16. The lowest BCUT2D eigenvalue weighted by Gasteiger charge is -2.21. The Hall–Kier alpha value is -1.71. The van der Waals surface area contributed by atoms with Crippen molar-refractivity contribution in [2.75, 3.05) is 18.1 Å². The summed E-state index contributed by atoms with van der Waals surface area (Å²) in [4.78, 5) is 11.9. The van der Waals surface area contributed by atoms with Gasteiger partial charge in [-0.1, -0.05) is 33.1 Å². The minimum absolute atomic E-state index is 0.0850. The molecule has 1 rings (SSSR count). The predicted octanol–water partition coefficient (Wildman–Crippen LogP) is 3.40. The Morgan fingerprint density at radius 3 is 2.60 bits per heavy atom.